The summed E-state index contributed by atoms with van der Waals surface area (Å²) in [5.41, 5.74) is 1.32. The van der Waals surface area contributed by atoms with E-state index < -0.39 is 0 Å². The molecule has 2 aromatic carbocycles. The summed E-state index contributed by atoms with van der Waals surface area (Å²) in [6, 6.07) is 13.8. The number of carbonyl (C=O) groups excluding carboxylic acids is 2. The van der Waals surface area contributed by atoms with Crippen LogP contribution in [0.2, 0.25) is 0 Å². The summed E-state index contributed by atoms with van der Waals surface area (Å²) in [4.78, 5) is 28.8. The minimum absolute atomic E-state index is 0.281. The summed E-state index contributed by atoms with van der Waals surface area (Å²) in [7, 11) is 0. The SMILES string of the molecule is O=C(Nc1ccccc1C(=O)Nc1nccs1)c1ccc(Br)cc1. The van der Waals surface area contributed by atoms with Crippen LogP contribution in [-0.2, 0) is 0 Å². The van der Waals surface area contributed by atoms with Gasteiger partial charge in [0, 0.05) is 21.6 Å². The molecule has 3 aromatic rings. The molecule has 0 aliphatic carbocycles. The second-order valence-electron chi connectivity index (χ2n) is 4.80. The number of nitrogens with zero attached hydrogens (tertiary/aromatic N) is 1. The Hall–Kier alpha value is -2.51. The van der Waals surface area contributed by atoms with E-state index in [4.69, 9.17) is 0 Å². The van der Waals surface area contributed by atoms with Gasteiger partial charge in [-0.05, 0) is 36.4 Å². The van der Waals surface area contributed by atoms with E-state index >= 15 is 0 Å². The first kappa shape index (κ1) is 16.4. The molecule has 1 heterocycles. The van der Waals surface area contributed by atoms with Crippen LogP contribution in [0, 0.1) is 0 Å². The van der Waals surface area contributed by atoms with Crippen molar-refractivity contribution in [3.8, 4) is 0 Å². The van der Waals surface area contributed by atoms with Crippen LogP contribution in [0.4, 0.5) is 10.8 Å². The van der Waals surface area contributed by atoms with Gasteiger partial charge in [-0.25, -0.2) is 4.98 Å². The fourth-order valence-electron chi connectivity index (χ4n) is 2.04. The summed E-state index contributed by atoms with van der Waals surface area (Å²) >= 11 is 4.66. The lowest BCUT2D eigenvalue weighted by Gasteiger charge is -2.10. The lowest BCUT2D eigenvalue weighted by atomic mass is 10.1. The molecule has 0 saturated carbocycles. The summed E-state index contributed by atoms with van der Waals surface area (Å²) in [6.45, 7) is 0. The molecule has 0 atom stereocenters. The fraction of sp³-hybridized carbons (Fsp3) is 0. The molecule has 7 heteroatoms. The van der Waals surface area contributed by atoms with Crippen molar-refractivity contribution in [3.63, 3.8) is 0 Å². The third kappa shape index (κ3) is 3.87. The number of amides is 2. The van der Waals surface area contributed by atoms with Gasteiger partial charge in [-0.2, -0.15) is 0 Å². The molecular formula is C17H12BrN3O2S. The highest BCUT2D eigenvalue weighted by atomic mass is 79.9. The molecule has 2 amide bonds. The zero-order valence-electron chi connectivity index (χ0n) is 12.3. The zero-order valence-corrected chi connectivity index (χ0v) is 14.7. The molecular weight excluding hydrogens is 390 g/mol. The highest BCUT2D eigenvalue weighted by Gasteiger charge is 2.15. The fourth-order valence-corrected chi connectivity index (χ4v) is 2.82. The molecule has 0 aliphatic rings. The Kier molecular flexibility index (Phi) is 5.02. The van der Waals surface area contributed by atoms with Crippen LogP contribution >= 0.6 is 27.3 Å². The number of halogens is 1. The predicted octanol–water partition coefficient (Wildman–Crippen LogP) is 4.41. The Morgan fingerprint density at radius 1 is 0.958 bits per heavy atom. The van der Waals surface area contributed by atoms with Crippen LogP contribution in [0.25, 0.3) is 0 Å². The van der Waals surface area contributed by atoms with Crippen molar-refractivity contribution in [3.05, 3.63) is 75.7 Å². The average molecular weight is 402 g/mol. The standard InChI is InChI=1S/C17H12BrN3O2S/c18-12-7-5-11(6-8-12)15(22)20-14-4-2-1-3-13(14)16(23)21-17-19-9-10-24-17/h1-10H,(H,20,22)(H,19,21,23). The number of para-hydroxylation sites is 1. The van der Waals surface area contributed by atoms with Crippen molar-refractivity contribution < 1.29 is 9.59 Å². The Labute approximate surface area is 150 Å². The van der Waals surface area contributed by atoms with Gasteiger partial charge in [-0.1, -0.05) is 28.1 Å². The van der Waals surface area contributed by atoms with Crippen LogP contribution in [0.3, 0.4) is 0 Å². The van der Waals surface area contributed by atoms with Gasteiger partial charge in [0.2, 0.25) is 0 Å². The Morgan fingerprint density at radius 3 is 2.42 bits per heavy atom. The van der Waals surface area contributed by atoms with E-state index in [0.29, 0.717) is 21.9 Å². The number of aromatic nitrogens is 1. The molecule has 1 aromatic heterocycles. The summed E-state index contributed by atoms with van der Waals surface area (Å²) in [5.74, 6) is -0.603. The minimum atomic E-state index is -0.323. The van der Waals surface area contributed by atoms with Gasteiger partial charge in [-0.15, -0.1) is 11.3 Å². The van der Waals surface area contributed by atoms with Crippen molar-refractivity contribution >= 4 is 49.9 Å². The third-order valence-corrected chi connectivity index (χ3v) is 4.40. The summed E-state index contributed by atoms with van der Waals surface area (Å²) in [6.07, 6.45) is 1.61. The molecule has 0 spiro atoms. The summed E-state index contributed by atoms with van der Waals surface area (Å²) in [5, 5.41) is 7.77. The van der Waals surface area contributed by atoms with Crippen LogP contribution in [-0.4, -0.2) is 16.8 Å². The van der Waals surface area contributed by atoms with Crippen molar-refractivity contribution in [1.82, 2.24) is 4.98 Å². The van der Waals surface area contributed by atoms with Crippen LogP contribution in [0.5, 0.6) is 0 Å². The minimum Gasteiger partial charge on any atom is -0.321 e. The Balaban J connectivity index is 1.80. The molecule has 3 rings (SSSR count). The monoisotopic (exact) mass is 401 g/mol. The quantitative estimate of drug-likeness (QED) is 0.679. The molecule has 5 nitrogen and oxygen atoms in total. The molecule has 0 aliphatic heterocycles. The molecule has 0 unspecified atom stereocenters. The largest absolute Gasteiger partial charge is 0.321 e. The number of hydrogen-bond donors (Lipinski definition) is 2. The van der Waals surface area contributed by atoms with Gasteiger partial charge < -0.3 is 5.32 Å². The van der Waals surface area contributed by atoms with E-state index in [-0.39, 0.29) is 11.8 Å². The van der Waals surface area contributed by atoms with Crippen molar-refractivity contribution in [1.29, 1.82) is 0 Å². The lowest BCUT2D eigenvalue weighted by molar-refractivity contribution is 0.102. The molecule has 24 heavy (non-hydrogen) atoms. The van der Waals surface area contributed by atoms with Gasteiger partial charge >= 0.3 is 0 Å². The maximum Gasteiger partial charge on any atom is 0.259 e. The van der Waals surface area contributed by atoms with E-state index in [1.165, 1.54) is 11.3 Å². The molecule has 0 radical (unpaired) electrons. The van der Waals surface area contributed by atoms with E-state index in [9.17, 15) is 9.59 Å². The van der Waals surface area contributed by atoms with Gasteiger partial charge in [-0.3, -0.25) is 14.9 Å². The molecule has 2 N–H and O–H groups in total. The number of hydrogen-bond acceptors (Lipinski definition) is 4. The molecule has 120 valence electrons. The lowest BCUT2D eigenvalue weighted by Crippen LogP contribution is -2.18. The molecule has 0 saturated heterocycles. The van der Waals surface area contributed by atoms with Crippen LogP contribution in [0.1, 0.15) is 20.7 Å². The first-order chi connectivity index (χ1) is 11.6. The number of anilines is 2. The van der Waals surface area contributed by atoms with Crippen molar-refractivity contribution in [2.45, 2.75) is 0 Å². The Morgan fingerprint density at radius 2 is 1.71 bits per heavy atom. The average Bonchev–Trinajstić information content (AvgIpc) is 3.09. The topological polar surface area (TPSA) is 71.1 Å². The summed E-state index contributed by atoms with van der Waals surface area (Å²) < 4.78 is 0.891. The molecule has 0 bridgehead atoms. The van der Waals surface area contributed by atoms with E-state index in [1.807, 2.05) is 0 Å². The highest BCUT2D eigenvalue weighted by Crippen LogP contribution is 2.20. The van der Waals surface area contributed by atoms with Gasteiger partial charge in [0.15, 0.2) is 5.13 Å². The van der Waals surface area contributed by atoms with Gasteiger partial charge in [0.1, 0.15) is 0 Å². The third-order valence-electron chi connectivity index (χ3n) is 3.18. The first-order valence-electron chi connectivity index (χ1n) is 7.00. The number of rotatable bonds is 4. The van der Waals surface area contributed by atoms with Crippen LogP contribution in [0.15, 0.2) is 64.6 Å². The van der Waals surface area contributed by atoms with Crippen molar-refractivity contribution in [2.24, 2.45) is 0 Å². The van der Waals surface area contributed by atoms with Gasteiger partial charge in [0.25, 0.3) is 11.8 Å². The second-order valence-corrected chi connectivity index (χ2v) is 6.61. The first-order valence-corrected chi connectivity index (χ1v) is 8.67. The number of thiazole rings is 1. The maximum absolute atomic E-state index is 12.4. The molecule has 0 fully saturated rings. The zero-order chi connectivity index (χ0) is 16.9. The normalized spacial score (nSPS) is 10.2. The van der Waals surface area contributed by atoms with E-state index in [2.05, 4.69) is 31.5 Å². The highest BCUT2D eigenvalue weighted by molar-refractivity contribution is 9.10. The Bertz CT molecular complexity index is 864. The van der Waals surface area contributed by atoms with Crippen molar-refractivity contribution in [2.75, 3.05) is 10.6 Å². The van der Waals surface area contributed by atoms with E-state index in [1.54, 1.807) is 60.1 Å². The number of benzene rings is 2. The second kappa shape index (κ2) is 7.37. The maximum atomic E-state index is 12.4. The smallest absolute Gasteiger partial charge is 0.259 e. The van der Waals surface area contributed by atoms with Gasteiger partial charge in [0.05, 0.1) is 11.3 Å². The predicted molar refractivity (Wildman–Crippen MR) is 98.6 cm³/mol. The van der Waals surface area contributed by atoms with E-state index in [0.717, 1.165) is 4.47 Å². The number of carbonyl (C=O) groups is 2. The number of nitrogens with one attached hydrogen (secondary N) is 2. The van der Waals surface area contributed by atoms with Crippen LogP contribution < -0.4 is 10.6 Å².